The number of rotatable bonds is 7. The van der Waals surface area contributed by atoms with Crippen molar-refractivity contribution in [2.75, 3.05) is 12.8 Å². The zero-order valence-corrected chi connectivity index (χ0v) is 13.0. The molecule has 0 heterocycles. The van der Waals surface area contributed by atoms with E-state index in [1.54, 1.807) is 11.8 Å². The van der Waals surface area contributed by atoms with E-state index in [4.69, 9.17) is 0 Å². The van der Waals surface area contributed by atoms with E-state index < -0.39 is 0 Å². The van der Waals surface area contributed by atoms with Gasteiger partial charge in [0.1, 0.15) is 0 Å². The largest absolute Gasteiger partial charge is 0.353 e. The molecule has 1 aromatic rings. The van der Waals surface area contributed by atoms with Crippen molar-refractivity contribution in [1.29, 1.82) is 0 Å². The highest BCUT2D eigenvalue weighted by molar-refractivity contribution is 8.00. The Labute approximate surface area is 120 Å². The second-order valence-electron chi connectivity index (χ2n) is 4.74. The third-order valence-corrected chi connectivity index (χ3v) is 4.21. The number of hydrogen-bond donors (Lipinski definition) is 2. The highest BCUT2D eigenvalue weighted by Crippen LogP contribution is 2.20. The van der Waals surface area contributed by atoms with Gasteiger partial charge in [-0.25, -0.2) is 0 Å². The van der Waals surface area contributed by atoms with Crippen molar-refractivity contribution in [3.05, 3.63) is 29.8 Å². The van der Waals surface area contributed by atoms with Crippen LogP contribution in [0, 0.1) is 0 Å². The molecular weight excluding hydrogens is 256 g/mol. The fraction of sp³-hybridized carbons (Fsp3) is 0.533. The number of nitrogens with one attached hydrogen (secondary N) is 2. The molecule has 0 aliphatic carbocycles. The fourth-order valence-electron chi connectivity index (χ4n) is 1.59. The van der Waals surface area contributed by atoms with Gasteiger partial charge in [0, 0.05) is 17.0 Å². The Morgan fingerprint density at radius 1 is 1.26 bits per heavy atom. The van der Waals surface area contributed by atoms with Crippen LogP contribution in [-0.2, 0) is 4.79 Å². The molecule has 0 aliphatic heterocycles. The molecule has 1 amide bonds. The van der Waals surface area contributed by atoms with Gasteiger partial charge >= 0.3 is 0 Å². The first-order valence-corrected chi connectivity index (χ1v) is 7.74. The lowest BCUT2D eigenvalue weighted by molar-refractivity contribution is -0.119. The fourth-order valence-corrected chi connectivity index (χ4v) is 2.30. The Kier molecular flexibility index (Phi) is 6.95. The first-order valence-electron chi connectivity index (χ1n) is 6.76. The number of carbonyl (C=O) groups is 1. The van der Waals surface area contributed by atoms with E-state index in [2.05, 4.69) is 48.7 Å². The molecule has 0 bridgehead atoms. The van der Waals surface area contributed by atoms with Crippen LogP contribution >= 0.6 is 11.8 Å². The van der Waals surface area contributed by atoms with Crippen LogP contribution in [0.25, 0.3) is 0 Å². The van der Waals surface area contributed by atoms with Crippen molar-refractivity contribution in [1.82, 2.24) is 10.6 Å². The van der Waals surface area contributed by atoms with Crippen molar-refractivity contribution < 1.29 is 4.79 Å². The summed E-state index contributed by atoms with van der Waals surface area (Å²) in [6, 6.07) is 8.97. The number of hydrogen-bond acceptors (Lipinski definition) is 3. The number of amides is 1. The molecule has 0 radical (unpaired) electrons. The molecule has 1 aromatic carbocycles. The molecule has 2 atom stereocenters. The zero-order chi connectivity index (χ0) is 14.3. The maximum atomic E-state index is 11.7. The van der Waals surface area contributed by atoms with Crippen molar-refractivity contribution in [3.63, 3.8) is 0 Å². The molecule has 0 aliphatic rings. The SMILES string of the molecule is CCC(C)NC(=O)CSc1ccc(C(C)NC)cc1. The van der Waals surface area contributed by atoms with E-state index in [-0.39, 0.29) is 11.9 Å². The van der Waals surface area contributed by atoms with Crippen LogP contribution in [0.5, 0.6) is 0 Å². The Morgan fingerprint density at radius 3 is 2.42 bits per heavy atom. The molecule has 0 saturated heterocycles. The number of benzene rings is 1. The van der Waals surface area contributed by atoms with Gasteiger partial charge in [-0.3, -0.25) is 4.79 Å². The lowest BCUT2D eigenvalue weighted by atomic mass is 10.1. The Morgan fingerprint density at radius 2 is 1.89 bits per heavy atom. The Hall–Kier alpha value is -1.00. The lowest BCUT2D eigenvalue weighted by Crippen LogP contribution is -2.33. The summed E-state index contributed by atoms with van der Waals surface area (Å²) in [7, 11) is 1.95. The van der Waals surface area contributed by atoms with Crippen LogP contribution in [-0.4, -0.2) is 24.7 Å². The first kappa shape index (κ1) is 16.1. The van der Waals surface area contributed by atoms with Gasteiger partial charge in [0.15, 0.2) is 0 Å². The van der Waals surface area contributed by atoms with Gasteiger partial charge in [-0.05, 0) is 45.0 Å². The summed E-state index contributed by atoms with van der Waals surface area (Å²) < 4.78 is 0. The van der Waals surface area contributed by atoms with E-state index in [9.17, 15) is 4.79 Å². The van der Waals surface area contributed by atoms with E-state index in [1.807, 2.05) is 14.0 Å². The van der Waals surface area contributed by atoms with Crippen LogP contribution in [0.1, 0.15) is 38.8 Å². The normalized spacial score (nSPS) is 13.9. The Bertz CT molecular complexity index is 392. The summed E-state index contributed by atoms with van der Waals surface area (Å²) >= 11 is 1.58. The van der Waals surface area contributed by atoms with Crippen LogP contribution in [0.4, 0.5) is 0 Å². The van der Waals surface area contributed by atoms with Crippen molar-refractivity contribution in [2.45, 2.75) is 44.2 Å². The molecule has 106 valence electrons. The standard InChI is InChI=1S/C15H24N2OS/c1-5-11(2)17-15(18)10-19-14-8-6-13(7-9-14)12(3)16-4/h6-9,11-12,16H,5,10H2,1-4H3,(H,17,18). The highest BCUT2D eigenvalue weighted by atomic mass is 32.2. The molecule has 0 fully saturated rings. The molecule has 19 heavy (non-hydrogen) atoms. The molecule has 2 N–H and O–H groups in total. The zero-order valence-electron chi connectivity index (χ0n) is 12.2. The van der Waals surface area contributed by atoms with Crippen LogP contribution in [0.2, 0.25) is 0 Å². The topological polar surface area (TPSA) is 41.1 Å². The van der Waals surface area contributed by atoms with E-state index >= 15 is 0 Å². The second kappa shape index (κ2) is 8.23. The van der Waals surface area contributed by atoms with Gasteiger partial charge in [-0.15, -0.1) is 11.8 Å². The molecular formula is C15H24N2OS. The summed E-state index contributed by atoms with van der Waals surface area (Å²) in [5, 5.41) is 6.18. The first-order chi connectivity index (χ1) is 9.06. The maximum Gasteiger partial charge on any atom is 0.230 e. The lowest BCUT2D eigenvalue weighted by Gasteiger charge is -2.12. The average Bonchev–Trinajstić information content (AvgIpc) is 2.44. The summed E-state index contributed by atoms with van der Waals surface area (Å²) in [4.78, 5) is 12.8. The summed E-state index contributed by atoms with van der Waals surface area (Å²) in [5.41, 5.74) is 1.26. The minimum atomic E-state index is 0.104. The van der Waals surface area contributed by atoms with E-state index in [0.717, 1.165) is 11.3 Å². The second-order valence-corrected chi connectivity index (χ2v) is 5.79. The van der Waals surface area contributed by atoms with Crippen LogP contribution < -0.4 is 10.6 Å². The molecule has 0 aromatic heterocycles. The smallest absolute Gasteiger partial charge is 0.230 e. The summed E-state index contributed by atoms with van der Waals surface area (Å²) in [5.74, 6) is 0.581. The molecule has 0 spiro atoms. The molecule has 0 saturated carbocycles. The van der Waals surface area contributed by atoms with Gasteiger partial charge < -0.3 is 10.6 Å². The van der Waals surface area contributed by atoms with E-state index in [1.165, 1.54) is 5.56 Å². The predicted octanol–water partition coefficient (Wildman–Crippen LogP) is 2.97. The predicted molar refractivity (Wildman–Crippen MR) is 82.5 cm³/mol. The quantitative estimate of drug-likeness (QED) is 0.755. The summed E-state index contributed by atoms with van der Waals surface area (Å²) in [6.07, 6.45) is 0.965. The molecule has 4 heteroatoms. The minimum absolute atomic E-state index is 0.104. The van der Waals surface area contributed by atoms with Crippen molar-refractivity contribution >= 4 is 17.7 Å². The van der Waals surface area contributed by atoms with Crippen molar-refractivity contribution in [3.8, 4) is 0 Å². The summed E-state index contributed by atoms with van der Waals surface area (Å²) in [6.45, 7) is 6.22. The van der Waals surface area contributed by atoms with Gasteiger partial charge in [0.05, 0.1) is 5.75 Å². The minimum Gasteiger partial charge on any atom is -0.353 e. The third-order valence-electron chi connectivity index (χ3n) is 3.20. The highest BCUT2D eigenvalue weighted by Gasteiger charge is 2.07. The van der Waals surface area contributed by atoms with Crippen molar-refractivity contribution in [2.24, 2.45) is 0 Å². The number of carbonyl (C=O) groups excluding carboxylic acids is 1. The van der Waals surface area contributed by atoms with Gasteiger partial charge in [0.2, 0.25) is 5.91 Å². The van der Waals surface area contributed by atoms with Crippen LogP contribution in [0.15, 0.2) is 29.2 Å². The molecule has 2 unspecified atom stereocenters. The van der Waals surface area contributed by atoms with Crippen LogP contribution in [0.3, 0.4) is 0 Å². The third kappa shape index (κ3) is 5.66. The molecule has 1 rings (SSSR count). The van der Waals surface area contributed by atoms with E-state index in [0.29, 0.717) is 11.8 Å². The maximum absolute atomic E-state index is 11.7. The van der Waals surface area contributed by atoms with Gasteiger partial charge in [-0.1, -0.05) is 19.1 Å². The number of thioether (sulfide) groups is 1. The van der Waals surface area contributed by atoms with Gasteiger partial charge in [0.25, 0.3) is 0 Å². The Balaban J connectivity index is 2.43. The molecule has 3 nitrogen and oxygen atoms in total. The van der Waals surface area contributed by atoms with Gasteiger partial charge in [-0.2, -0.15) is 0 Å². The average molecular weight is 280 g/mol. The monoisotopic (exact) mass is 280 g/mol.